The molecule has 3 heterocycles. The van der Waals surface area contributed by atoms with Crippen LogP contribution in [0.25, 0.3) is 5.57 Å². The van der Waals surface area contributed by atoms with Crippen LogP contribution in [-0.4, -0.2) is 72.3 Å². The van der Waals surface area contributed by atoms with Crippen molar-refractivity contribution in [2.75, 3.05) is 45.1 Å². The molecule has 4 rings (SSSR count). The van der Waals surface area contributed by atoms with E-state index < -0.39 is 6.04 Å². The van der Waals surface area contributed by atoms with Gasteiger partial charge in [0, 0.05) is 26.2 Å². The zero-order valence-corrected chi connectivity index (χ0v) is 21.1. The summed E-state index contributed by atoms with van der Waals surface area (Å²) in [6, 6.07) is 5.57. The van der Waals surface area contributed by atoms with Crippen LogP contribution in [0.15, 0.2) is 23.2 Å². The minimum atomic E-state index is -0.520. The number of nitrogens with zero attached hydrogens (tertiary/aromatic N) is 5. The summed E-state index contributed by atoms with van der Waals surface area (Å²) < 4.78 is 0. The first-order valence-electron chi connectivity index (χ1n) is 12.3. The van der Waals surface area contributed by atoms with E-state index in [0.29, 0.717) is 12.2 Å². The lowest BCUT2D eigenvalue weighted by molar-refractivity contribution is -0.110. The quantitative estimate of drug-likeness (QED) is 0.697. The smallest absolute Gasteiger partial charge is 0.290 e. The van der Waals surface area contributed by atoms with Gasteiger partial charge in [-0.2, -0.15) is 5.26 Å². The lowest BCUT2D eigenvalue weighted by Crippen LogP contribution is -2.52. The minimum absolute atomic E-state index is 0.207. The van der Waals surface area contributed by atoms with Crippen LogP contribution in [0, 0.1) is 16.7 Å². The molecule has 0 saturated carbocycles. The van der Waals surface area contributed by atoms with Gasteiger partial charge >= 0.3 is 0 Å². The Bertz CT molecular complexity index is 1040. The Balaban J connectivity index is 1.66. The van der Waals surface area contributed by atoms with Crippen LogP contribution in [0.1, 0.15) is 58.3 Å². The fraction of sp³-hybridized carbons (Fsp3) is 0.615. The monoisotopic (exact) mass is 463 g/mol. The van der Waals surface area contributed by atoms with Crippen LogP contribution >= 0.6 is 0 Å². The molecule has 3 aliphatic rings. The number of hydrogen-bond donors (Lipinski definition) is 2. The number of carbonyl (C=O) groups is 1. The molecule has 0 spiro atoms. The number of rotatable bonds is 5. The van der Waals surface area contributed by atoms with Crippen molar-refractivity contribution in [3.05, 3.63) is 29.6 Å². The number of likely N-dealkylation sites (N-methyl/N-ethyl adjacent to an activating group) is 1. The molecule has 1 aromatic heterocycles. The average Bonchev–Trinajstić information content (AvgIpc) is 3.29. The summed E-state index contributed by atoms with van der Waals surface area (Å²) in [5.41, 5.74) is 3.79. The van der Waals surface area contributed by atoms with Gasteiger partial charge in [-0.05, 0) is 63.3 Å². The molecular formula is C26H37N7O. The highest BCUT2D eigenvalue weighted by Crippen LogP contribution is 2.40. The zero-order valence-electron chi connectivity index (χ0n) is 21.1. The van der Waals surface area contributed by atoms with Crippen molar-refractivity contribution < 1.29 is 4.79 Å². The van der Waals surface area contributed by atoms with Gasteiger partial charge < -0.3 is 15.5 Å². The Kier molecular flexibility index (Phi) is 6.79. The van der Waals surface area contributed by atoms with E-state index in [1.165, 1.54) is 5.57 Å². The van der Waals surface area contributed by atoms with E-state index >= 15 is 0 Å². The number of carbonyl (C=O) groups excluding carboxylic acids is 1. The van der Waals surface area contributed by atoms with Crippen molar-refractivity contribution in [1.29, 1.82) is 5.26 Å². The summed E-state index contributed by atoms with van der Waals surface area (Å²) in [5, 5.41) is 15.0. The number of pyridine rings is 1. The summed E-state index contributed by atoms with van der Waals surface area (Å²) in [6.45, 7) is 13.5. The van der Waals surface area contributed by atoms with Gasteiger partial charge in [0.2, 0.25) is 0 Å². The fourth-order valence-electron chi connectivity index (χ4n) is 4.80. The molecule has 0 radical (unpaired) electrons. The number of amides is 1. The first kappa shape index (κ1) is 24.4. The lowest BCUT2D eigenvalue weighted by atomic mass is 9.77. The van der Waals surface area contributed by atoms with Gasteiger partial charge in [0.15, 0.2) is 11.9 Å². The van der Waals surface area contributed by atoms with E-state index in [1.807, 2.05) is 12.1 Å². The van der Waals surface area contributed by atoms with Gasteiger partial charge in [0.1, 0.15) is 0 Å². The summed E-state index contributed by atoms with van der Waals surface area (Å²) in [5.74, 6) is -0.123. The third kappa shape index (κ3) is 5.16. The average molecular weight is 464 g/mol. The maximum absolute atomic E-state index is 12.9. The van der Waals surface area contributed by atoms with Crippen LogP contribution < -0.4 is 10.6 Å². The van der Waals surface area contributed by atoms with Crippen molar-refractivity contribution in [2.45, 2.75) is 58.5 Å². The van der Waals surface area contributed by atoms with Crippen molar-refractivity contribution in [3.8, 4) is 6.07 Å². The topological polar surface area (TPSA) is 96.6 Å². The van der Waals surface area contributed by atoms with Crippen molar-refractivity contribution in [1.82, 2.24) is 20.1 Å². The largest absolute Gasteiger partial charge is 0.362 e. The number of allylic oxidation sites excluding steroid dienone is 2. The Morgan fingerprint density at radius 3 is 2.62 bits per heavy atom. The highest BCUT2D eigenvalue weighted by atomic mass is 16.2. The summed E-state index contributed by atoms with van der Waals surface area (Å²) in [6.07, 6.45) is 5.28. The molecule has 182 valence electrons. The molecule has 1 amide bonds. The first-order chi connectivity index (χ1) is 16.1. The van der Waals surface area contributed by atoms with Gasteiger partial charge in [-0.25, -0.2) is 9.98 Å². The molecule has 1 fully saturated rings. The highest BCUT2D eigenvalue weighted by Gasteiger charge is 2.33. The molecule has 8 nitrogen and oxygen atoms in total. The zero-order chi connectivity index (χ0) is 24.5. The maximum atomic E-state index is 12.9. The second kappa shape index (κ2) is 9.47. The van der Waals surface area contributed by atoms with E-state index in [0.717, 1.165) is 56.8 Å². The molecule has 1 atom stereocenters. The molecule has 1 aliphatic carbocycles. The number of anilines is 1. The van der Waals surface area contributed by atoms with Crippen molar-refractivity contribution in [2.24, 2.45) is 10.4 Å². The van der Waals surface area contributed by atoms with Crippen molar-refractivity contribution >= 4 is 23.0 Å². The Morgan fingerprint density at radius 2 is 2.00 bits per heavy atom. The SMILES string of the molecule is CN1CCN(C(C)(C)c2ccc(NC(=O)C3=NC(C#N)CN3)c(C3=CCC(C)(C)CC3)n2)CC1. The summed E-state index contributed by atoms with van der Waals surface area (Å²) in [7, 11) is 2.16. The number of aromatic nitrogens is 1. The molecule has 1 unspecified atom stereocenters. The van der Waals surface area contributed by atoms with Gasteiger partial charge in [-0.1, -0.05) is 19.9 Å². The van der Waals surface area contributed by atoms with Crippen LogP contribution in [0.3, 0.4) is 0 Å². The maximum Gasteiger partial charge on any atom is 0.290 e. The number of nitrogens with one attached hydrogen (secondary N) is 2. The second-order valence-electron chi connectivity index (χ2n) is 11.0. The highest BCUT2D eigenvalue weighted by molar-refractivity contribution is 6.42. The summed E-state index contributed by atoms with van der Waals surface area (Å²) in [4.78, 5) is 27.1. The van der Waals surface area contributed by atoms with Crippen molar-refractivity contribution in [3.63, 3.8) is 0 Å². The van der Waals surface area contributed by atoms with Crippen LogP contribution in [0.2, 0.25) is 0 Å². The third-order valence-corrected chi connectivity index (χ3v) is 7.45. The number of amidine groups is 1. The van der Waals surface area contributed by atoms with Crippen LogP contribution in [0.5, 0.6) is 0 Å². The predicted molar refractivity (Wildman–Crippen MR) is 135 cm³/mol. The van der Waals surface area contributed by atoms with E-state index in [9.17, 15) is 4.79 Å². The van der Waals surface area contributed by atoms with Gasteiger partial charge in [0.05, 0.1) is 35.2 Å². The molecule has 0 bridgehead atoms. The lowest BCUT2D eigenvalue weighted by Gasteiger charge is -2.43. The molecule has 1 saturated heterocycles. The predicted octanol–water partition coefficient (Wildman–Crippen LogP) is 2.99. The molecule has 2 N–H and O–H groups in total. The van der Waals surface area contributed by atoms with E-state index in [2.05, 4.69) is 72.3 Å². The van der Waals surface area contributed by atoms with Gasteiger partial charge in [0.25, 0.3) is 5.91 Å². The molecular weight excluding hydrogens is 426 g/mol. The number of piperazine rings is 1. The first-order valence-corrected chi connectivity index (χ1v) is 12.3. The van der Waals surface area contributed by atoms with E-state index in [-0.39, 0.29) is 22.7 Å². The molecule has 2 aliphatic heterocycles. The van der Waals surface area contributed by atoms with E-state index in [1.54, 1.807) is 0 Å². The number of hydrogen-bond acceptors (Lipinski definition) is 7. The van der Waals surface area contributed by atoms with Gasteiger partial charge in [-0.15, -0.1) is 0 Å². The normalized spacial score (nSPS) is 23.5. The number of aliphatic imine (C=N–C) groups is 1. The Labute approximate surface area is 203 Å². The van der Waals surface area contributed by atoms with Gasteiger partial charge in [-0.3, -0.25) is 9.69 Å². The molecule has 34 heavy (non-hydrogen) atoms. The molecule has 1 aromatic rings. The molecule has 8 heteroatoms. The summed E-state index contributed by atoms with van der Waals surface area (Å²) >= 11 is 0. The minimum Gasteiger partial charge on any atom is -0.362 e. The molecule has 0 aromatic carbocycles. The Morgan fingerprint density at radius 1 is 1.26 bits per heavy atom. The third-order valence-electron chi connectivity index (χ3n) is 7.45. The standard InChI is InChI=1S/C26H37N7O/c1-25(2)10-8-18(9-11-25)22-20(30-24(34)23-28-17-19(16-27)29-23)6-7-21(31-22)26(3,4)33-14-12-32(5)13-15-33/h6-8,19H,9-15,17H2,1-5H3,(H,28,29)(H,30,34). The van der Waals surface area contributed by atoms with Crippen LogP contribution in [0.4, 0.5) is 5.69 Å². The van der Waals surface area contributed by atoms with Crippen LogP contribution in [-0.2, 0) is 10.3 Å². The fourth-order valence-corrected chi connectivity index (χ4v) is 4.80. The Hall–Kier alpha value is -2.76. The second-order valence-corrected chi connectivity index (χ2v) is 11.0. The number of nitriles is 1. The van der Waals surface area contributed by atoms with E-state index in [4.69, 9.17) is 10.2 Å².